The summed E-state index contributed by atoms with van der Waals surface area (Å²) in [5.74, 6) is 0.250. The van der Waals surface area contributed by atoms with Gasteiger partial charge >= 0.3 is 5.78 Å². The van der Waals surface area contributed by atoms with Gasteiger partial charge in [0.2, 0.25) is 0 Å². The molecule has 0 spiro atoms. The van der Waals surface area contributed by atoms with Crippen molar-refractivity contribution in [2.24, 2.45) is 0 Å². The molecule has 1 aromatic heterocycles. The van der Waals surface area contributed by atoms with E-state index in [-0.39, 0.29) is 31.6 Å². The minimum absolute atomic E-state index is 0. The molecule has 3 aromatic carbocycles. The molecular formula is C24H21IrNO2. The number of aliphatic hydroxyl groups is 1. The van der Waals surface area contributed by atoms with Crippen molar-refractivity contribution in [1.29, 1.82) is 0 Å². The zero-order valence-electron chi connectivity index (χ0n) is 15.7. The van der Waals surface area contributed by atoms with Gasteiger partial charge in [0.05, 0.1) is 18.8 Å². The van der Waals surface area contributed by atoms with E-state index in [2.05, 4.69) is 59.6 Å². The van der Waals surface area contributed by atoms with Crippen LogP contribution in [0.5, 0.6) is 0 Å². The molecule has 1 radical (unpaired) electrons. The molecule has 0 atom stereocenters. The van der Waals surface area contributed by atoms with Crippen molar-refractivity contribution < 1.29 is 30.0 Å². The molecule has 4 heteroatoms. The van der Waals surface area contributed by atoms with Gasteiger partial charge in [-0.3, -0.25) is 4.79 Å². The molecule has 0 bridgehead atoms. The smallest absolute Gasteiger partial charge is 0.316 e. The van der Waals surface area contributed by atoms with Crippen LogP contribution in [0.4, 0.5) is 0 Å². The summed E-state index contributed by atoms with van der Waals surface area (Å²) in [4.78, 5) is 13.0. The normalized spacial score (nSPS) is 10.7. The molecular weight excluding hydrogens is 526 g/mol. The van der Waals surface area contributed by atoms with Gasteiger partial charge in [0.25, 0.3) is 0 Å². The maximum absolute atomic E-state index is 8.40. The number of rotatable bonds is 2. The molecule has 0 fully saturated rings. The minimum Gasteiger partial charge on any atom is -0.512 e. The molecule has 2 N–H and O–H groups in total. The summed E-state index contributed by atoms with van der Waals surface area (Å²) < 4.78 is 0. The Hall–Kier alpha value is -2.81. The third-order valence-corrected chi connectivity index (χ3v) is 4.05. The number of benzene rings is 3. The van der Waals surface area contributed by atoms with Crippen LogP contribution in [0.25, 0.3) is 32.8 Å². The van der Waals surface area contributed by atoms with E-state index >= 15 is 0 Å². The summed E-state index contributed by atoms with van der Waals surface area (Å²) in [7, 11) is 0. The first-order valence-electron chi connectivity index (χ1n) is 8.69. The van der Waals surface area contributed by atoms with Crippen LogP contribution in [0.15, 0.2) is 84.8 Å². The van der Waals surface area contributed by atoms with Gasteiger partial charge in [0, 0.05) is 26.3 Å². The first-order chi connectivity index (χ1) is 13.1. The molecule has 0 unspecified atom stereocenters. The first-order valence-corrected chi connectivity index (χ1v) is 8.69. The number of hydrogen-bond donors (Lipinski definition) is 1. The predicted molar refractivity (Wildman–Crippen MR) is 113 cm³/mol. The van der Waals surface area contributed by atoms with Gasteiger partial charge in [-0.25, -0.2) is 0 Å². The molecule has 0 saturated carbocycles. The van der Waals surface area contributed by atoms with Crippen LogP contribution in [-0.2, 0) is 20.1 Å². The number of carbonyl (C=O) groups excluding carboxylic acids is 1. The van der Waals surface area contributed by atoms with Gasteiger partial charge in [-0.15, -0.1) is 35.9 Å². The Kier molecular flexibility index (Phi) is 7.62. The second-order valence-corrected chi connectivity index (χ2v) is 6.24. The molecule has 1 heterocycles. The molecule has 0 aliphatic heterocycles. The fourth-order valence-corrected chi connectivity index (χ4v) is 3.00. The van der Waals surface area contributed by atoms with Crippen molar-refractivity contribution >= 4 is 27.3 Å². The maximum atomic E-state index is 8.40. The summed E-state index contributed by atoms with van der Waals surface area (Å²) >= 11 is 0. The third kappa shape index (κ3) is 5.13. The Morgan fingerprint density at radius 1 is 0.929 bits per heavy atom. The van der Waals surface area contributed by atoms with Crippen LogP contribution in [0.3, 0.4) is 0 Å². The summed E-state index contributed by atoms with van der Waals surface area (Å²) in [6, 6.07) is 26.1. The molecule has 28 heavy (non-hydrogen) atoms. The van der Waals surface area contributed by atoms with E-state index in [4.69, 9.17) is 9.90 Å². The van der Waals surface area contributed by atoms with E-state index < -0.39 is 0 Å². The molecule has 3 nitrogen and oxygen atoms in total. The predicted octanol–water partition coefficient (Wildman–Crippen LogP) is 5.87. The molecule has 4 aromatic rings. The second-order valence-electron chi connectivity index (χ2n) is 6.24. The fraction of sp³-hybridized carbons (Fsp3) is 0.0833. The van der Waals surface area contributed by atoms with Crippen LogP contribution >= 0.6 is 0 Å². The molecule has 0 amide bonds. The van der Waals surface area contributed by atoms with E-state index in [0.29, 0.717) is 0 Å². The Balaban J connectivity index is 0.000000306. The zero-order valence-corrected chi connectivity index (χ0v) is 18.1. The van der Waals surface area contributed by atoms with Crippen LogP contribution < -0.4 is 0 Å². The number of aromatic nitrogens is 1. The number of fused-ring (bicyclic) bond motifs is 3. The topological polar surface area (TPSA) is 54.5 Å². The van der Waals surface area contributed by atoms with E-state index in [1.165, 1.54) is 41.5 Å². The van der Waals surface area contributed by atoms with Crippen LogP contribution in [0, 0.1) is 6.07 Å². The van der Waals surface area contributed by atoms with E-state index in [9.17, 15) is 0 Å². The number of allylic oxidation sites excluding steroid dienone is 2. The Bertz CT molecular complexity index is 1120. The van der Waals surface area contributed by atoms with Gasteiger partial charge in [-0.2, -0.15) is 0 Å². The monoisotopic (exact) mass is 548 g/mol. The fourth-order valence-electron chi connectivity index (χ4n) is 3.00. The van der Waals surface area contributed by atoms with Crippen molar-refractivity contribution in [2.75, 3.05) is 0 Å². The summed E-state index contributed by atoms with van der Waals surface area (Å²) in [5.41, 5.74) is 2.03. The largest absolute Gasteiger partial charge is 0.512 e. The zero-order chi connectivity index (χ0) is 19.2. The van der Waals surface area contributed by atoms with Crippen LogP contribution in [0.1, 0.15) is 13.8 Å². The number of aliphatic hydroxyl groups excluding tert-OH is 1. The number of nitrogens with zero attached hydrogens (tertiary/aromatic N) is 1. The molecule has 4 rings (SSSR count). The number of ketones is 1. The summed E-state index contributed by atoms with van der Waals surface area (Å²) in [6.45, 7) is 3.00. The van der Waals surface area contributed by atoms with Crippen molar-refractivity contribution in [2.45, 2.75) is 13.8 Å². The van der Waals surface area contributed by atoms with Gasteiger partial charge < -0.3 is 10.1 Å². The SMILES string of the molecule is CC(=[OH+])/C=C(/C)O.[Ir].[c-]1ccccc1-c1nccc2c1ccc1ccccc12. The van der Waals surface area contributed by atoms with Gasteiger partial charge in [0.15, 0.2) is 0 Å². The van der Waals surface area contributed by atoms with E-state index in [1.807, 2.05) is 24.4 Å². The van der Waals surface area contributed by atoms with Crippen molar-refractivity contribution in [3.63, 3.8) is 0 Å². The molecule has 143 valence electrons. The maximum Gasteiger partial charge on any atom is 0.316 e. The van der Waals surface area contributed by atoms with Crippen molar-refractivity contribution in [3.05, 3.63) is 90.8 Å². The van der Waals surface area contributed by atoms with Crippen molar-refractivity contribution in [3.8, 4) is 11.3 Å². The average molecular weight is 548 g/mol. The van der Waals surface area contributed by atoms with Crippen molar-refractivity contribution in [1.82, 2.24) is 4.98 Å². The Labute approximate surface area is 178 Å². The first kappa shape index (κ1) is 21.5. The number of pyridine rings is 1. The summed E-state index contributed by atoms with van der Waals surface area (Å²) in [5, 5.41) is 13.3. The second kappa shape index (κ2) is 9.93. The summed E-state index contributed by atoms with van der Waals surface area (Å²) in [6.07, 6.45) is 3.16. The van der Waals surface area contributed by atoms with Crippen LogP contribution in [0.2, 0.25) is 0 Å². The molecule has 0 saturated heterocycles. The third-order valence-electron chi connectivity index (χ3n) is 4.05. The van der Waals surface area contributed by atoms with E-state index in [0.717, 1.165) is 11.3 Å². The van der Waals surface area contributed by atoms with E-state index in [1.54, 1.807) is 0 Å². The van der Waals surface area contributed by atoms with Gasteiger partial charge in [-0.1, -0.05) is 36.4 Å². The molecule has 0 aliphatic carbocycles. The minimum atomic E-state index is 0. The Morgan fingerprint density at radius 2 is 1.68 bits per heavy atom. The quantitative estimate of drug-likeness (QED) is 0.112. The van der Waals surface area contributed by atoms with Crippen LogP contribution in [-0.4, -0.2) is 20.7 Å². The number of hydrogen-bond acceptors (Lipinski definition) is 2. The van der Waals surface area contributed by atoms with Gasteiger partial charge in [-0.05, 0) is 40.2 Å². The van der Waals surface area contributed by atoms with Gasteiger partial charge in [0.1, 0.15) is 0 Å². The molecule has 0 aliphatic rings. The standard InChI is InChI=1S/C19H12N.C5H8O2.Ir/c1-2-7-15(8-3-1)19-18-11-10-14-6-4-5-9-16(14)17(18)12-13-20-19;1-4(6)3-5(2)7;/h1-7,9-13H;3,6H,1-2H3;/q-1;;/p+1/b;4-3-;. The Morgan fingerprint density at radius 3 is 2.32 bits per heavy atom. The average Bonchev–Trinajstić information content (AvgIpc) is 2.67.